The molecule has 1 N–H and O–H groups in total. The minimum atomic E-state index is -0.821. The Kier molecular flexibility index (Phi) is 7.91. The Labute approximate surface area is 204 Å². The van der Waals surface area contributed by atoms with Gasteiger partial charge in [-0.05, 0) is 49.4 Å². The monoisotopic (exact) mass is 479 g/mol. The molecule has 4 atom stereocenters. The van der Waals surface area contributed by atoms with Crippen LogP contribution in [-0.2, 0) is 18.9 Å². The molecule has 1 amide bonds. The van der Waals surface area contributed by atoms with Crippen LogP contribution >= 0.6 is 0 Å². The summed E-state index contributed by atoms with van der Waals surface area (Å²) in [6.07, 6.45) is 0.0770. The van der Waals surface area contributed by atoms with E-state index in [1.165, 1.54) is 0 Å². The van der Waals surface area contributed by atoms with Crippen molar-refractivity contribution in [3.8, 4) is 28.4 Å². The van der Waals surface area contributed by atoms with E-state index in [-0.39, 0.29) is 12.2 Å². The zero-order valence-corrected chi connectivity index (χ0v) is 20.1. The summed E-state index contributed by atoms with van der Waals surface area (Å²) in [5.74, 6) is 1.38. The predicted molar refractivity (Wildman–Crippen MR) is 130 cm³/mol. The van der Waals surface area contributed by atoms with Crippen LogP contribution in [0.4, 0.5) is 10.5 Å². The van der Waals surface area contributed by atoms with Crippen LogP contribution in [-0.4, -0.2) is 62.0 Å². The van der Waals surface area contributed by atoms with E-state index < -0.39 is 18.5 Å². The van der Waals surface area contributed by atoms with Gasteiger partial charge in [-0.25, -0.2) is 14.8 Å². The van der Waals surface area contributed by atoms with Gasteiger partial charge in [0, 0.05) is 43.7 Å². The summed E-state index contributed by atoms with van der Waals surface area (Å²) in [5.41, 5.74) is 3.12. The van der Waals surface area contributed by atoms with Gasteiger partial charge in [-0.1, -0.05) is 12.1 Å². The van der Waals surface area contributed by atoms with Crippen molar-refractivity contribution < 1.29 is 28.5 Å². The topological polar surface area (TPSA) is 101 Å². The second-order valence-electron chi connectivity index (χ2n) is 8.10. The number of methoxy groups -OCH3 is 3. The first kappa shape index (κ1) is 24.6. The van der Waals surface area contributed by atoms with Crippen LogP contribution < -0.4 is 10.1 Å². The van der Waals surface area contributed by atoms with E-state index in [0.29, 0.717) is 17.9 Å². The Balaban J connectivity index is 1.39. The molecule has 0 bridgehead atoms. The molecule has 2 heterocycles. The first-order chi connectivity index (χ1) is 17.0. The fourth-order valence-corrected chi connectivity index (χ4v) is 3.89. The minimum Gasteiger partial charge on any atom is -0.497 e. The number of anilines is 1. The summed E-state index contributed by atoms with van der Waals surface area (Å²) in [5, 5.41) is 2.73. The molecule has 4 rings (SSSR count). The lowest BCUT2D eigenvalue weighted by molar-refractivity contribution is -0.247. The molecule has 0 spiro atoms. The van der Waals surface area contributed by atoms with Crippen LogP contribution in [0.15, 0.2) is 60.8 Å². The molecular formula is C26H29N3O6. The number of amides is 1. The Morgan fingerprint density at radius 3 is 2.29 bits per heavy atom. The highest BCUT2D eigenvalue weighted by Crippen LogP contribution is 2.26. The molecule has 9 nitrogen and oxygen atoms in total. The maximum absolute atomic E-state index is 12.5. The third-order valence-corrected chi connectivity index (χ3v) is 5.90. The number of ether oxygens (including phenoxy) is 5. The standard InChI is InChI=1S/C26H29N3O6/c1-16-22(32-3)15-23(33-4)25(34-16)35-26(30)28-19-9-5-17(6-10-19)21-13-14-27-24(29-21)18-7-11-20(31-2)12-8-18/h5-14,16,22-23,25H,15H2,1-4H3,(H,28,30)/t16-,22+,23+,25-/m0/s1. The molecule has 0 aliphatic carbocycles. The van der Waals surface area contributed by atoms with Crippen molar-refractivity contribution in [2.45, 2.75) is 37.9 Å². The van der Waals surface area contributed by atoms with E-state index in [2.05, 4.69) is 15.3 Å². The van der Waals surface area contributed by atoms with Crippen LogP contribution in [0.5, 0.6) is 5.75 Å². The Hall–Kier alpha value is -3.53. The molecule has 1 saturated heterocycles. The summed E-state index contributed by atoms with van der Waals surface area (Å²) in [7, 11) is 4.80. The molecule has 1 aliphatic rings. The van der Waals surface area contributed by atoms with Gasteiger partial charge in [0.2, 0.25) is 6.29 Å². The first-order valence-electron chi connectivity index (χ1n) is 11.3. The van der Waals surface area contributed by atoms with E-state index in [1.54, 1.807) is 39.7 Å². The van der Waals surface area contributed by atoms with E-state index in [0.717, 1.165) is 22.6 Å². The number of carbonyl (C=O) groups is 1. The van der Waals surface area contributed by atoms with Crippen LogP contribution in [0.1, 0.15) is 13.3 Å². The van der Waals surface area contributed by atoms with Crippen molar-refractivity contribution in [1.82, 2.24) is 9.97 Å². The van der Waals surface area contributed by atoms with Crippen LogP contribution in [0.3, 0.4) is 0 Å². The smallest absolute Gasteiger partial charge is 0.414 e. The van der Waals surface area contributed by atoms with E-state index in [1.807, 2.05) is 49.4 Å². The number of hydrogen-bond acceptors (Lipinski definition) is 8. The molecule has 1 aromatic heterocycles. The zero-order valence-electron chi connectivity index (χ0n) is 20.1. The Morgan fingerprint density at radius 1 is 0.943 bits per heavy atom. The lowest BCUT2D eigenvalue weighted by Crippen LogP contribution is -2.49. The average Bonchev–Trinajstić information content (AvgIpc) is 2.89. The quantitative estimate of drug-likeness (QED) is 0.527. The molecule has 0 radical (unpaired) electrons. The van der Waals surface area contributed by atoms with Gasteiger partial charge in [-0.15, -0.1) is 0 Å². The molecular weight excluding hydrogens is 450 g/mol. The largest absolute Gasteiger partial charge is 0.497 e. The number of aromatic nitrogens is 2. The summed E-state index contributed by atoms with van der Waals surface area (Å²) in [6.45, 7) is 1.88. The maximum Gasteiger partial charge on any atom is 0.414 e. The van der Waals surface area contributed by atoms with Crippen molar-refractivity contribution >= 4 is 11.8 Å². The third-order valence-electron chi connectivity index (χ3n) is 5.90. The Morgan fingerprint density at radius 2 is 1.63 bits per heavy atom. The molecule has 184 valence electrons. The summed E-state index contributed by atoms with van der Waals surface area (Å²) in [6, 6.07) is 16.7. The number of hydrogen-bond donors (Lipinski definition) is 1. The highest BCUT2D eigenvalue weighted by atomic mass is 16.7. The molecule has 35 heavy (non-hydrogen) atoms. The Bertz CT molecular complexity index is 1120. The summed E-state index contributed by atoms with van der Waals surface area (Å²) in [4.78, 5) is 21.5. The van der Waals surface area contributed by atoms with Crippen molar-refractivity contribution in [2.24, 2.45) is 0 Å². The number of nitrogens with zero attached hydrogens (tertiary/aromatic N) is 2. The average molecular weight is 480 g/mol. The summed E-state index contributed by atoms with van der Waals surface area (Å²) >= 11 is 0. The fraction of sp³-hybridized carbons (Fsp3) is 0.346. The lowest BCUT2D eigenvalue weighted by Gasteiger charge is -2.37. The van der Waals surface area contributed by atoms with E-state index >= 15 is 0 Å². The highest BCUT2D eigenvalue weighted by molar-refractivity contribution is 5.85. The maximum atomic E-state index is 12.5. The molecule has 2 aromatic carbocycles. The van der Waals surface area contributed by atoms with Gasteiger partial charge in [-0.2, -0.15) is 0 Å². The minimum absolute atomic E-state index is 0.123. The number of nitrogens with one attached hydrogen (secondary N) is 1. The van der Waals surface area contributed by atoms with Gasteiger partial charge in [-0.3, -0.25) is 5.32 Å². The van der Waals surface area contributed by atoms with Crippen molar-refractivity contribution in [3.63, 3.8) is 0 Å². The molecule has 0 unspecified atom stereocenters. The van der Waals surface area contributed by atoms with E-state index in [4.69, 9.17) is 23.7 Å². The van der Waals surface area contributed by atoms with E-state index in [9.17, 15) is 4.79 Å². The van der Waals surface area contributed by atoms with Gasteiger partial charge in [0.25, 0.3) is 0 Å². The number of benzene rings is 2. The fourth-order valence-electron chi connectivity index (χ4n) is 3.89. The second kappa shape index (κ2) is 11.3. The highest BCUT2D eigenvalue weighted by Gasteiger charge is 2.38. The van der Waals surface area contributed by atoms with Gasteiger partial charge >= 0.3 is 6.09 Å². The second-order valence-corrected chi connectivity index (χ2v) is 8.10. The third kappa shape index (κ3) is 5.94. The first-order valence-corrected chi connectivity index (χ1v) is 11.3. The van der Waals surface area contributed by atoms with Crippen LogP contribution in [0, 0.1) is 0 Å². The zero-order chi connectivity index (χ0) is 24.8. The number of rotatable bonds is 7. The lowest BCUT2D eigenvalue weighted by atomic mass is 10.0. The summed E-state index contributed by atoms with van der Waals surface area (Å²) < 4.78 is 27.3. The van der Waals surface area contributed by atoms with Gasteiger partial charge in [0.05, 0.1) is 25.0 Å². The molecule has 1 fully saturated rings. The predicted octanol–water partition coefficient (Wildman–Crippen LogP) is 4.53. The van der Waals surface area contributed by atoms with Gasteiger partial charge in [0.1, 0.15) is 11.9 Å². The SMILES string of the molecule is COc1ccc(-c2nccc(-c3ccc(NC(=O)O[C@@H]4O[C@@H](C)[C@H](OC)C[C@H]4OC)cc3)n2)cc1. The van der Waals surface area contributed by atoms with Gasteiger partial charge < -0.3 is 23.7 Å². The van der Waals surface area contributed by atoms with Crippen LogP contribution in [0.25, 0.3) is 22.6 Å². The molecule has 0 saturated carbocycles. The van der Waals surface area contributed by atoms with Crippen molar-refractivity contribution in [3.05, 3.63) is 60.8 Å². The normalized spacial score (nSPS) is 21.8. The van der Waals surface area contributed by atoms with Gasteiger partial charge in [0.15, 0.2) is 5.82 Å². The molecule has 3 aromatic rings. The molecule has 9 heteroatoms. The number of carbonyl (C=O) groups excluding carboxylic acids is 1. The van der Waals surface area contributed by atoms with Crippen molar-refractivity contribution in [2.75, 3.05) is 26.6 Å². The molecule has 1 aliphatic heterocycles. The van der Waals surface area contributed by atoms with Crippen molar-refractivity contribution in [1.29, 1.82) is 0 Å². The van der Waals surface area contributed by atoms with Crippen LogP contribution in [0.2, 0.25) is 0 Å².